The minimum absolute atomic E-state index is 0.0541. The number of nitrogens with zero attached hydrogens (tertiary/aromatic N) is 4. The van der Waals surface area contributed by atoms with E-state index in [1.165, 1.54) is 23.6 Å². The molecule has 0 spiro atoms. The third-order valence-electron chi connectivity index (χ3n) is 5.54. The zero-order valence-electron chi connectivity index (χ0n) is 17.0. The van der Waals surface area contributed by atoms with Gasteiger partial charge >= 0.3 is 12.1 Å². The van der Waals surface area contributed by atoms with Crippen molar-refractivity contribution >= 4 is 17.4 Å². The van der Waals surface area contributed by atoms with Crippen molar-refractivity contribution < 1.29 is 27.8 Å². The maximum atomic E-state index is 13.3. The van der Waals surface area contributed by atoms with Crippen molar-refractivity contribution in [3.05, 3.63) is 57.9 Å². The smallest absolute Gasteiger partial charge is 0.416 e. The second-order valence-electron chi connectivity index (χ2n) is 7.47. The Morgan fingerprint density at radius 2 is 1.94 bits per heavy atom. The van der Waals surface area contributed by atoms with Gasteiger partial charge in [0.1, 0.15) is 5.82 Å². The number of hydrogen-bond donors (Lipinski definition) is 1. The molecule has 0 unspecified atom stereocenters. The molecule has 4 rings (SSSR count). The average molecular weight is 434 g/mol. The number of halogens is 3. The fourth-order valence-electron chi connectivity index (χ4n) is 3.84. The number of hydrogen-bond acceptors (Lipinski definition) is 5. The molecule has 1 aliphatic heterocycles. The molecule has 0 bridgehead atoms. The van der Waals surface area contributed by atoms with Crippen molar-refractivity contribution in [3.8, 4) is 0 Å². The Morgan fingerprint density at radius 1 is 1.23 bits per heavy atom. The zero-order valence-corrected chi connectivity index (χ0v) is 17.0. The third-order valence-corrected chi connectivity index (χ3v) is 5.54. The van der Waals surface area contributed by atoms with Crippen LogP contribution in [0.25, 0.3) is 5.65 Å². The number of ether oxygens (including phenoxy) is 1. The van der Waals surface area contributed by atoms with E-state index in [1.807, 2.05) is 4.90 Å². The summed E-state index contributed by atoms with van der Waals surface area (Å²) in [7, 11) is 0. The summed E-state index contributed by atoms with van der Waals surface area (Å²) in [6.07, 6.45) is -4.29. The van der Waals surface area contributed by atoms with Crippen molar-refractivity contribution in [1.82, 2.24) is 14.6 Å². The number of carboxylic acids is 1. The number of rotatable bonds is 4. The number of alkyl halides is 3. The van der Waals surface area contributed by atoms with Crippen molar-refractivity contribution in [2.45, 2.75) is 26.4 Å². The second kappa shape index (κ2) is 7.84. The molecule has 3 heterocycles. The topological polar surface area (TPSA) is 80.0 Å². The van der Waals surface area contributed by atoms with Crippen molar-refractivity contribution in [1.29, 1.82) is 0 Å². The predicted octanol–water partition coefficient (Wildman–Crippen LogP) is 3.49. The molecular formula is C21H21F3N4O3. The lowest BCUT2D eigenvalue weighted by Crippen LogP contribution is -2.37. The minimum atomic E-state index is -4.45. The molecule has 164 valence electrons. The second-order valence-corrected chi connectivity index (χ2v) is 7.47. The summed E-state index contributed by atoms with van der Waals surface area (Å²) >= 11 is 0. The molecule has 0 radical (unpaired) electrons. The highest BCUT2D eigenvalue weighted by molar-refractivity contribution is 5.87. The van der Waals surface area contributed by atoms with E-state index in [0.717, 1.165) is 6.07 Å². The number of aromatic nitrogens is 3. The molecule has 2 aromatic heterocycles. The van der Waals surface area contributed by atoms with E-state index in [4.69, 9.17) is 4.74 Å². The van der Waals surface area contributed by atoms with Crippen LogP contribution in [0.15, 0.2) is 24.3 Å². The molecule has 0 atom stereocenters. The molecule has 31 heavy (non-hydrogen) atoms. The lowest BCUT2D eigenvalue weighted by molar-refractivity contribution is -0.138. The molecule has 0 amide bonds. The van der Waals surface area contributed by atoms with Gasteiger partial charge in [0.05, 0.1) is 24.5 Å². The number of morpholine rings is 1. The number of benzene rings is 1. The van der Waals surface area contributed by atoms with Gasteiger partial charge in [-0.15, -0.1) is 0 Å². The van der Waals surface area contributed by atoms with Crippen molar-refractivity contribution in [3.63, 3.8) is 0 Å². The summed E-state index contributed by atoms with van der Waals surface area (Å²) in [5.41, 5.74) is 1.33. The van der Waals surface area contributed by atoms with Gasteiger partial charge in [-0.05, 0) is 31.0 Å². The fourth-order valence-corrected chi connectivity index (χ4v) is 3.84. The van der Waals surface area contributed by atoms with Crippen LogP contribution in [-0.2, 0) is 17.3 Å². The Bertz CT molecular complexity index is 1150. The Balaban J connectivity index is 1.84. The molecule has 3 aromatic rings. The monoisotopic (exact) mass is 434 g/mol. The van der Waals surface area contributed by atoms with Crippen LogP contribution < -0.4 is 4.90 Å². The normalized spacial score (nSPS) is 14.9. The lowest BCUT2D eigenvalue weighted by Gasteiger charge is -2.28. The maximum Gasteiger partial charge on any atom is 0.416 e. The van der Waals surface area contributed by atoms with Gasteiger partial charge < -0.3 is 14.7 Å². The number of fused-ring (bicyclic) bond motifs is 1. The van der Waals surface area contributed by atoms with E-state index in [1.54, 1.807) is 13.0 Å². The molecule has 1 aromatic carbocycles. The van der Waals surface area contributed by atoms with Gasteiger partial charge in [0.2, 0.25) is 0 Å². The van der Waals surface area contributed by atoms with E-state index in [0.29, 0.717) is 54.6 Å². The molecule has 1 aliphatic rings. The Hall–Kier alpha value is -3.14. The summed E-state index contributed by atoms with van der Waals surface area (Å²) in [6.45, 7) is 5.28. The van der Waals surface area contributed by atoms with Crippen molar-refractivity contribution in [2.75, 3.05) is 31.2 Å². The number of aryl methyl sites for hydroxylation is 1. The highest BCUT2D eigenvalue weighted by atomic mass is 19.4. The first-order chi connectivity index (χ1) is 14.7. The van der Waals surface area contributed by atoms with Crippen LogP contribution in [0.5, 0.6) is 0 Å². The van der Waals surface area contributed by atoms with E-state index < -0.39 is 17.7 Å². The van der Waals surface area contributed by atoms with Gasteiger partial charge in [0.15, 0.2) is 11.3 Å². The average Bonchev–Trinajstić information content (AvgIpc) is 3.03. The van der Waals surface area contributed by atoms with E-state index >= 15 is 0 Å². The van der Waals surface area contributed by atoms with Gasteiger partial charge in [-0.3, -0.25) is 0 Å². The van der Waals surface area contributed by atoms with Crippen LogP contribution in [0.4, 0.5) is 19.0 Å². The SMILES string of the molecule is Cc1nn2c(C(=O)O)cc(N3CCOCC3)nc2c1Cc1cccc(C(F)(F)F)c1C. The molecular weight excluding hydrogens is 413 g/mol. The van der Waals surface area contributed by atoms with Crippen LogP contribution in [0.3, 0.4) is 0 Å². The highest BCUT2D eigenvalue weighted by Gasteiger charge is 2.33. The number of aromatic carboxylic acids is 1. The quantitative estimate of drug-likeness (QED) is 0.677. The summed E-state index contributed by atoms with van der Waals surface area (Å²) in [5, 5.41) is 14.0. The van der Waals surface area contributed by atoms with E-state index in [9.17, 15) is 23.1 Å². The fraction of sp³-hybridized carbons (Fsp3) is 0.381. The first-order valence-corrected chi connectivity index (χ1v) is 9.77. The van der Waals surface area contributed by atoms with Crippen molar-refractivity contribution in [2.24, 2.45) is 0 Å². The van der Waals surface area contributed by atoms with Crippen LogP contribution in [0, 0.1) is 13.8 Å². The molecule has 7 nitrogen and oxygen atoms in total. The Kier molecular flexibility index (Phi) is 5.34. The van der Waals surface area contributed by atoms with Crippen LogP contribution in [0.2, 0.25) is 0 Å². The zero-order chi connectivity index (χ0) is 22.3. The molecule has 1 N–H and O–H groups in total. The van der Waals surface area contributed by atoms with Gasteiger partial charge in [0.25, 0.3) is 0 Å². The molecule has 0 saturated carbocycles. The summed E-state index contributed by atoms with van der Waals surface area (Å²) in [4.78, 5) is 18.5. The number of anilines is 1. The standard InChI is InChI=1S/C21H21F3N4O3/c1-12-14(4-3-5-16(12)21(22,23)24)10-15-13(2)26-28-17(20(29)30)11-18(25-19(15)28)27-6-8-31-9-7-27/h3-5,11H,6-10H2,1-2H3,(H,29,30). The van der Waals surface area contributed by atoms with Gasteiger partial charge in [-0.25, -0.2) is 14.3 Å². The van der Waals surface area contributed by atoms with Gasteiger partial charge in [-0.1, -0.05) is 12.1 Å². The Morgan fingerprint density at radius 3 is 2.58 bits per heavy atom. The largest absolute Gasteiger partial charge is 0.477 e. The van der Waals surface area contributed by atoms with Crippen LogP contribution >= 0.6 is 0 Å². The number of carboxylic acid groups (broad SMARTS) is 1. The maximum absolute atomic E-state index is 13.3. The molecule has 10 heteroatoms. The summed E-state index contributed by atoms with van der Waals surface area (Å²) < 4.78 is 46.6. The Labute approximate surface area is 176 Å². The first-order valence-electron chi connectivity index (χ1n) is 9.77. The number of carbonyl (C=O) groups is 1. The lowest BCUT2D eigenvalue weighted by atomic mass is 9.96. The summed E-state index contributed by atoms with van der Waals surface area (Å²) in [5.74, 6) is -0.679. The third kappa shape index (κ3) is 3.95. The highest BCUT2D eigenvalue weighted by Crippen LogP contribution is 2.34. The summed E-state index contributed by atoms with van der Waals surface area (Å²) in [6, 6.07) is 5.53. The minimum Gasteiger partial charge on any atom is -0.477 e. The molecule has 1 fully saturated rings. The van der Waals surface area contributed by atoms with Gasteiger partial charge in [-0.2, -0.15) is 18.3 Å². The predicted molar refractivity (Wildman–Crippen MR) is 107 cm³/mol. The van der Waals surface area contributed by atoms with Crippen LogP contribution in [0.1, 0.15) is 38.4 Å². The van der Waals surface area contributed by atoms with E-state index in [-0.39, 0.29) is 17.7 Å². The molecule has 1 saturated heterocycles. The van der Waals surface area contributed by atoms with Crippen LogP contribution in [-0.4, -0.2) is 52.0 Å². The van der Waals surface area contributed by atoms with E-state index in [2.05, 4.69) is 10.1 Å². The molecule has 0 aliphatic carbocycles. The van der Waals surface area contributed by atoms with Gasteiger partial charge in [0, 0.05) is 31.1 Å². The first kappa shape index (κ1) is 21.1.